The van der Waals surface area contributed by atoms with Crippen LogP contribution in [0.5, 0.6) is 0 Å². The summed E-state index contributed by atoms with van der Waals surface area (Å²) in [5.41, 5.74) is 2.42. The third kappa shape index (κ3) is 1.75. The first kappa shape index (κ1) is 11.7. The molecule has 4 heteroatoms. The van der Waals surface area contributed by atoms with Crippen LogP contribution in [0.3, 0.4) is 0 Å². The fourth-order valence-corrected chi connectivity index (χ4v) is 3.36. The minimum Gasteiger partial charge on any atom is -0.378 e. The Kier molecular flexibility index (Phi) is 2.61. The zero-order valence-electron chi connectivity index (χ0n) is 11.0. The Bertz CT molecular complexity index is 706. The van der Waals surface area contributed by atoms with Gasteiger partial charge < -0.3 is 10.1 Å². The van der Waals surface area contributed by atoms with Crippen LogP contribution in [0.2, 0.25) is 0 Å². The maximum atomic E-state index is 9.32. The molecule has 1 aromatic heterocycles. The predicted octanol–water partition coefficient (Wildman–Crippen LogP) is 2.84. The van der Waals surface area contributed by atoms with Crippen molar-refractivity contribution in [3.8, 4) is 6.07 Å². The van der Waals surface area contributed by atoms with Crippen LogP contribution in [-0.4, -0.2) is 23.2 Å². The van der Waals surface area contributed by atoms with Crippen molar-refractivity contribution in [1.82, 2.24) is 4.98 Å². The van der Waals surface area contributed by atoms with Gasteiger partial charge in [0.2, 0.25) is 0 Å². The molecule has 100 valence electrons. The van der Waals surface area contributed by atoms with Crippen LogP contribution in [0, 0.1) is 11.3 Å². The van der Waals surface area contributed by atoms with Crippen molar-refractivity contribution >= 4 is 16.6 Å². The Morgan fingerprint density at radius 1 is 1.30 bits per heavy atom. The Labute approximate surface area is 117 Å². The molecule has 3 unspecified atom stereocenters. The molecule has 4 nitrogen and oxygen atoms in total. The number of anilines is 1. The lowest BCUT2D eigenvalue weighted by molar-refractivity contribution is 0.102. The lowest BCUT2D eigenvalue weighted by atomic mass is 9.95. The summed E-state index contributed by atoms with van der Waals surface area (Å²) in [4.78, 5) is 4.34. The molecule has 0 spiro atoms. The highest BCUT2D eigenvalue weighted by atomic mass is 16.5. The molecule has 0 aliphatic carbocycles. The van der Waals surface area contributed by atoms with Crippen molar-refractivity contribution in [1.29, 1.82) is 5.26 Å². The molecule has 1 N–H and O–H groups in total. The van der Waals surface area contributed by atoms with E-state index < -0.39 is 0 Å². The number of fused-ring (bicyclic) bond motifs is 3. The first-order valence-electron chi connectivity index (χ1n) is 7.05. The monoisotopic (exact) mass is 265 g/mol. The minimum absolute atomic E-state index is 0.290. The van der Waals surface area contributed by atoms with Crippen LogP contribution in [-0.2, 0) is 4.74 Å². The van der Waals surface area contributed by atoms with Gasteiger partial charge in [0.25, 0.3) is 0 Å². The highest BCUT2D eigenvalue weighted by molar-refractivity contribution is 5.94. The number of ether oxygens (including phenoxy) is 1. The fourth-order valence-electron chi connectivity index (χ4n) is 3.36. The number of rotatable bonds is 2. The van der Waals surface area contributed by atoms with E-state index in [9.17, 15) is 5.26 Å². The van der Waals surface area contributed by atoms with Gasteiger partial charge in [-0.1, -0.05) is 18.2 Å². The van der Waals surface area contributed by atoms with E-state index in [-0.39, 0.29) is 0 Å². The predicted molar refractivity (Wildman–Crippen MR) is 76.4 cm³/mol. The van der Waals surface area contributed by atoms with E-state index in [2.05, 4.69) is 16.4 Å². The molecule has 0 saturated carbocycles. The summed E-state index contributed by atoms with van der Waals surface area (Å²) < 4.78 is 5.88. The molecule has 2 bridgehead atoms. The molecule has 20 heavy (non-hydrogen) atoms. The average Bonchev–Trinajstić information content (AvgIpc) is 3.10. The van der Waals surface area contributed by atoms with E-state index in [1.807, 2.05) is 24.3 Å². The molecule has 2 aliphatic rings. The SMILES string of the molecule is N#Cc1cnc2ccccc2c1NC1CC2CCC1O2. The molecule has 0 amide bonds. The number of hydrogen-bond donors (Lipinski definition) is 1. The highest BCUT2D eigenvalue weighted by Crippen LogP contribution is 2.37. The number of hydrogen-bond acceptors (Lipinski definition) is 4. The standard InChI is InChI=1S/C16H15N3O/c17-8-10-9-18-13-4-2-1-3-12(13)16(10)19-14-7-11-5-6-15(14)20-11/h1-4,9,11,14-15H,5-7H2,(H,18,19). The summed E-state index contributed by atoms with van der Waals surface area (Å²) in [5, 5.41) is 13.9. The molecule has 0 radical (unpaired) electrons. The quantitative estimate of drug-likeness (QED) is 0.907. The van der Waals surface area contributed by atoms with Gasteiger partial charge in [0.1, 0.15) is 6.07 Å². The van der Waals surface area contributed by atoms with Crippen LogP contribution in [0.25, 0.3) is 10.9 Å². The largest absolute Gasteiger partial charge is 0.378 e. The molecule has 1 aromatic carbocycles. The van der Waals surface area contributed by atoms with E-state index in [4.69, 9.17) is 4.74 Å². The van der Waals surface area contributed by atoms with E-state index in [1.165, 1.54) is 6.42 Å². The lowest BCUT2D eigenvalue weighted by Gasteiger charge is -2.22. The molecule has 2 aromatic rings. The summed E-state index contributed by atoms with van der Waals surface area (Å²) >= 11 is 0. The number of pyridine rings is 1. The molecule has 2 aliphatic heterocycles. The molecule has 2 saturated heterocycles. The van der Waals surface area contributed by atoms with E-state index in [0.29, 0.717) is 23.8 Å². The molecule has 2 fully saturated rings. The van der Waals surface area contributed by atoms with Gasteiger partial charge in [0, 0.05) is 11.6 Å². The first-order chi connectivity index (χ1) is 9.85. The smallest absolute Gasteiger partial charge is 0.103 e. The third-order valence-corrected chi connectivity index (χ3v) is 4.33. The zero-order valence-corrected chi connectivity index (χ0v) is 11.0. The van der Waals surface area contributed by atoms with Crippen LogP contribution in [0.15, 0.2) is 30.5 Å². The Hall–Kier alpha value is -2.12. The minimum atomic E-state index is 0.290. The molecule has 3 heterocycles. The number of para-hydroxylation sites is 1. The van der Waals surface area contributed by atoms with Gasteiger partial charge in [-0.05, 0) is 25.3 Å². The van der Waals surface area contributed by atoms with Crippen molar-refractivity contribution in [3.05, 3.63) is 36.0 Å². The van der Waals surface area contributed by atoms with Gasteiger partial charge in [0.15, 0.2) is 0 Å². The van der Waals surface area contributed by atoms with Crippen molar-refractivity contribution in [2.75, 3.05) is 5.32 Å². The van der Waals surface area contributed by atoms with Crippen LogP contribution in [0.4, 0.5) is 5.69 Å². The van der Waals surface area contributed by atoms with E-state index in [0.717, 1.165) is 29.4 Å². The van der Waals surface area contributed by atoms with Gasteiger partial charge in [-0.3, -0.25) is 4.98 Å². The van der Waals surface area contributed by atoms with Gasteiger partial charge in [-0.15, -0.1) is 0 Å². The molecular weight excluding hydrogens is 250 g/mol. The summed E-state index contributed by atoms with van der Waals surface area (Å²) in [7, 11) is 0. The van der Waals surface area contributed by atoms with Gasteiger partial charge in [-0.25, -0.2) is 0 Å². The summed E-state index contributed by atoms with van der Waals surface area (Å²) in [6.45, 7) is 0. The van der Waals surface area contributed by atoms with Crippen molar-refractivity contribution in [2.45, 2.75) is 37.5 Å². The van der Waals surface area contributed by atoms with Gasteiger partial charge >= 0.3 is 0 Å². The Morgan fingerprint density at radius 2 is 2.20 bits per heavy atom. The number of aromatic nitrogens is 1. The summed E-state index contributed by atoms with van der Waals surface area (Å²) in [6.07, 6.45) is 5.66. The van der Waals surface area contributed by atoms with Crippen LogP contribution < -0.4 is 5.32 Å². The second-order valence-electron chi connectivity index (χ2n) is 5.54. The second-order valence-corrected chi connectivity index (χ2v) is 5.54. The normalized spacial score (nSPS) is 27.6. The van der Waals surface area contributed by atoms with Crippen molar-refractivity contribution in [2.24, 2.45) is 0 Å². The topological polar surface area (TPSA) is 57.9 Å². The Balaban J connectivity index is 1.76. The van der Waals surface area contributed by atoms with Gasteiger partial charge in [0.05, 0.1) is 35.0 Å². The van der Waals surface area contributed by atoms with Crippen molar-refractivity contribution < 1.29 is 4.74 Å². The number of nitrogens with one attached hydrogen (secondary N) is 1. The van der Waals surface area contributed by atoms with Crippen LogP contribution in [0.1, 0.15) is 24.8 Å². The molecule has 3 atom stereocenters. The van der Waals surface area contributed by atoms with Crippen molar-refractivity contribution in [3.63, 3.8) is 0 Å². The maximum absolute atomic E-state index is 9.32. The van der Waals surface area contributed by atoms with Gasteiger partial charge in [-0.2, -0.15) is 5.26 Å². The third-order valence-electron chi connectivity index (χ3n) is 4.33. The second kappa shape index (κ2) is 4.46. The first-order valence-corrected chi connectivity index (χ1v) is 7.05. The Morgan fingerprint density at radius 3 is 2.95 bits per heavy atom. The lowest BCUT2D eigenvalue weighted by Crippen LogP contribution is -2.30. The maximum Gasteiger partial charge on any atom is 0.103 e. The summed E-state index contributed by atoms with van der Waals surface area (Å²) in [6, 6.07) is 10.5. The fraction of sp³-hybridized carbons (Fsp3) is 0.375. The number of benzene rings is 1. The molecule has 4 rings (SSSR count). The molecular formula is C16H15N3O. The van der Waals surface area contributed by atoms with Crippen LogP contribution >= 0.6 is 0 Å². The highest BCUT2D eigenvalue weighted by Gasteiger charge is 2.41. The summed E-state index contributed by atoms with van der Waals surface area (Å²) in [5.74, 6) is 0. The zero-order chi connectivity index (χ0) is 13.5. The van der Waals surface area contributed by atoms with E-state index >= 15 is 0 Å². The number of nitriles is 1. The number of nitrogens with zero attached hydrogens (tertiary/aromatic N) is 2. The van der Waals surface area contributed by atoms with E-state index in [1.54, 1.807) is 6.20 Å². The average molecular weight is 265 g/mol.